The largest absolute Gasteiger partial charge is 0.477 e. The maximum Gasteiger partial charge on any atom is 0.356 e. The number of rotatable bonds is 4. The van der Waals surface area contributed by atoms with Gasteiger partial charge in [-0.3, -0.25) is 4.79 Å². The summed E-state index contributed by atoms with van der Waals surface area (Å²) in [6.45, 7) is 7.62. The Bertz CT molecular complexity index is 1120. The van der Waals surface area contributed by atoms with Gasteiger partial charge < -0.3 is 24.6 Å². The van der Waals surface area contributed by atoms with Crippen LogP contribution in [0.15, 0.2) is 16.9 Å². The first-order chi connectivity index (χ1) is 14.6. The fraction of sp³-hybridized carbons (Fsp3) is 0.500. The molecule has 1 saturated carbocycles. The fourth-order valence-electron chi connectivity index (χ4n) is 4.00. The zero-order valence-electron chi connectivity index (χ0n) is 17.8. The zero-order valence-corrected chi connectivity index (χ0v) is 17.8. The lowest BCUT2D eigenvalue weighted by Gasteiger charge is -2.30. The Labute approximate surface area is 178 Å². The van der Waals surface area contributed by atoms with E-state index in [0.29, 0.717) is 37.4 Å². The normalized spacial score (nSPS) is 17.1. The molecule has 0 atom stereocenters. The van der Waals surface area contributed by atoms with Gasteiger partial charge in [-0.1, -0.05) is 0 Å². The van der Waals surface area contributed by atoms with Crippen LogP contribution in [0.2, 0.25) is 0 Å². The molecule has 2 aromatic rings. The van der Waals surface area contributed by atoms with Crippen molar-refractivity contribution in [1.29, 1.82) is 0 Å². The van der Waals surface area contributed by atoms with Gasteiger partial charge in [0.25, 0.3) is 0 Å². The van der Waals surface area contributed by atoms with Crippen LogP contribution in [0.5, 0.6) is 0 Å². The second-order valence-electron chi connectivity index (χ2n) is 9.02. The Morgan fingerprint density at radius 1 is 1.19 bits per heavy atom. The first kappa shape index (κ1) is 21.3. The molecule has 1 saturated heterocycles. The molecule has 1 aromatic heterocycles. The molecule has 0 amide bonds. The predicted octanol–water partition coefficient (Wildman–Crippen LogP) is 2.54. The van der Waals surface area contributed by atoms with Gasteiger partial charge >= 0.3 is 11.9 Å². The molecule has 166 valence electrons. The summed E-state index contributed by atoms with van der Waals surface area (Å²) in [6.07, 6.45) is 1.46. The summed E-state index contributed by atoms with van der Waals surface area (Å²) in [5.74, 6) is -2.99. The number of carbonyl (C=O) groups excluding carboxylic acids is 1. The number of fused-ring (bicyclic) bond motifs is 1. The molecule has 0 spiro atoms. The lowest BCUT2D eigenvalue weighted by Crippen LogP contribution is -2.44. The lowest BCUT2D eigenvalue weighted by atomic mass is 10.0. The van der Waals surface area contributed by atoms with Crippen molar-refractivity contribution in [1.82, 2.24) is 9.88 Å². The highest BCUT2D eigenvalue weighted by Gasteiger charge is 2.36. The number of carboxylic acid groups (broad SMARTS) is 1. The quantitative estimate of drug-likeness (QED) is 0.718. The van der Waals surface area contributed by atoms with Crippen molar-refractivity contribution in [3.8, 4) is 0 Å². The number of pyridine rings is 1. The molecule has 0 radical (unpaired) electrons. The summed E-state index contributed by atoms with van der Waals surface area (Å²) in [5, 5.41) is 12.9. The number of esters is 1. The van der Waals surface area contributed by atoms with E-state index >= 15 is 0 Å². The number of hydrogen-bond acceptors (Lipinski definition) is 6. The van der Waals surface area contributed by atoms with E-state index < -0.39 is 34.3 Å². The summed E-state index contributed by atoms with van der Waals surface area (Å²) in [5.41, 5.74) is -2.02. The molecule has 31 heavy (non-hydrogen) atoms. The maximum absolute atomic E-state index is 15.0. The number of benzene rings is 1. The van der Waals surface area contributed by atoms with E-state index in [1.165, 1.54) is 0 Å². The average molecular weight is 431 g/mol. The molecule has 1 aliphatic carbocycles. The van der Waals surface area contributed by atoms with Crippen molar-refractivity contribution >= 4 is 28.5 Å². The molecule has 2 aliphatic rings. The number of nitrogens with zero attached hydrogens (tertiary/aromatic N) is 2. The van der Waals surface area contributed by atoms with Crippen LogP contribution in [0.25, 0.3) is 10.9 Å². The molecule has 2 heterocycles. The van der Waals surface area contributed by atoms with E-state index in [2.05, 4.69) is 5.32 Å². The van der Waals surface area contributed by atoms with Gasteiger partial charge in [-0.05, 0) is 45.7 Å². The predicted molar refractivity (Wildman–Crippen MR) is 114 cm³/mol. The van der Waals surface area contributed by atoms with Gasteiger partial charge in [-0.2, -0.15) is 0 Å². The second kappa shape index (κ2) is 7.64. The molecule has 9 heteroatoms. The highest BCUT2D eigenvalue weighted by molar-refractivity contribution is 6.05. The third-order valence-electron chi connectivity index (χ3n) is 5.45. The number of carboxylic acids is 1. The fourth-order valence-corrected chi connectivity index (χ4v) is 4.00. The minimum Gasteiger partial charge on any atom is -0.477 e. The van der Waals surface area contributed by atoms with Crippen LogP contribution in [-0.2, 0) is 4.74 Å². The van der Waals surface area contributed by atoms with Crippen molar-refractivity contribution in [2.75, 3.05) is 31.1 Å². The van der Waals surface area contributed by atoms with E-state index in [-0.39, 0.29) is 17.1 Å². The lowest BCUT2D eigenvalue weighted by molar-refractivity contribution is 0.00529. The van der Waals surface area contributed by atoms with Gasteiger partial charge in [-0.25, -0.2) is 14.0 Å². The summed E-state index contributed by atoms with van der Waals surface area (Å²) in [6, 6.07) is 2.51. The van der Waals surface area contributed by atoms with E-state index in [1.54, 1.807) is 31.4 Å². The molecular weight excluding hydrogens is 405 g/mol. The molecular formula is C22H26FN3O5. The first-order valence-electron chi connectivity index (χ1n) is 10.4. The molecule has 1 aromatic carbocycles. The Hall–Kier alpha value is -2.94. The standard InChI is InChI=1S/C22H26FN3O5/c1-22(2,3)31-21(30)18-17(20(28)29)19(27)13-10-14(23)16(25-8-6-24-7-9-25)11-15(13)26(18)12-4-5-12/h10-12,24H,4-9H2,1-3H3,(H,28,29). The molecule has 4 rings (SSSR count). The van der Waals surface area contributed by atoms with E-state index in [0.717, 1.165) is 18.9 Å². The van der Waals surface area contributed by atoms with Crippen LogP contribution in [0, 0.1) is 5.82 Å². The number of halogens is 1. The van der Waals surface area contributed by atoms with E-state index in [4.69, 9.17) is 4.74 Å². The van der Waals surface area contributed by atoms with Crippen molar-refractivity contribution in [2.24, 2.45) is 0 Å². The van der Waals surface area contributed by atoms with Crippen LogP contribution in [-0.4, -0.2) is 53.4 Å². The SMILES string of the molecule is CC(C)(C)OC(=O)c1c(C(=O)O)c(=O)c2cc(F)c(N3CCNCC3)cc2n1C1CC1. The summed E-state index contributed by atoms with van der Waals surface area (Å²) < 4.78 is 22.0. The van der Waals surface area contributed by atoms with Gasteiger partial charge in [-0.15, -0.1) is 0 Å². The van der Waals surface area contributed by atoms with Gasteiger partial charge in [0, 0.05) is 37.6 Å². The van der Waals surface area contributed by atoms with E-state index in [9.17, 15) is 23.9 Å². The number of piperazine rings is 1. The third-order valence-corrected chi connectivity index (χ3v) is 5.45. The second-order valence-corrected chi connectivity index (χ2v) is 9.02. The monoisotopic (exact) mass is 431 g/mol. The Kier molecular flexibility index (Phi) is 5.25. The number of anilines is 1. The zero-order chi connectivity index (χ0) is 22.5. The molecule has 2 N–H and O–H groups in total. The number of ether oxygens (including phenoxy) is 1. The Morgan fingerprint density at radius 3 is 2.39 bits per heavy atom. The molecule has 1 aliphatic heterocycles. The van der Waals surface area contributed by atoms with Crippen LogP contribution in [0.3, 0.4) is 0 Å². The van der Waals surface area contributed by atoms with Crippen molar-refractivity contribution < 1.29 is 23.8 Å². The van der Waals surface area contributed by atoms with Gasteiger partial charge in [0.15, 0.2) is 0 Å². The van der Waals surface area contributed by atoms with Crippen LogP contribution in [0.4, 0.5) is 10.1 Å². The molecule has 0 unspecified atom stereocenters. The van der Waals surface area contributed by atoms with Gasteiger partial charge in [0.2, 0.25) is 5.43 Å². The number of carbonyl (C=O) groups is 2. The van der Waals surface area contributed by atoms with Crippen LogP contribution >= 0.6 is 0 Å². The molecule has 2 fully saturated rings. The molecule has 8 nitrogen and oxygen atoms in total. The van der Waals surface area contributed by atoms with Crippen molar-refractivity contribution in [3.63, 3.8) is 0 Å². The Balaban J connectivity index is 2.02. The number of nitrogens with one attached hydrogen (secondary N) is 1. The highest BCUT2D eigenvalue weighted by atomic mass is 19.1. The van der Waals surface area contributed by atoms with Crippen LogP contribution < -0.4 is 15.6 Å². The Morgan fingerprint density at radius 2 is 1.84 bits per heavy atom. The molecule has 0 bridgehead atoms. The van der Waals surface area contributed by atoms with Gasteiger partial charge in [0.1, 0.15) is 22.7 Å². The summed E-state index contributed by atoms with van der Waals surface area (Å²) in [4.78, 5) is 40.1. The van der Waals surface area contributed by atoms with Gasteiger partial charge in [0.05, 0.1) is 11.2 Å². The first-order valence-corrected chi connectivity index (χ1v) is 10.4. The number of hydrogen-bond donors (Lipinski definition) is 2. The maximum atomic E-state index is 15.0. The van der Waals surface area contributed by atoms with E-state index in [1.807, 2.05) is 4.90 Å². The third kappa shape index (κ3) is 4.01. The van der Waals surface area contributed by atoms with Crippen LogP contribution in [0.1, 0.15) is 60.5 Å². The minimum atomic E-state index is -1.53. The summed E-state index contributed by atoms with van der Waals surface area (Å²) in [7, 11) is 0. The number of aromatic carboxylic acids is 1. The highest BCUT2D eigenvalue weighted by Crippen LogP contribution is 2.40. The topological polar surface area (TPSA) is 101 Å². The van der Waals surface area contributed by atoms with Crippen molar-refractivity contribution in [3.05, 3.63) is 39.4 Å². The average Bonchev–Trinajstić information content (AvgIpc) is 3.51. The summed E-state index contributed by atoms with van der Waals surface area (Å²) >= 11 is 0. The minimum absolute atomic E-state index is 0.0482. The van der Waals surface area contributed by atoms with Crippen molar-refractivity contribution in [2.45, 2.75) is 45.3 Å². The number of aromatic nitrogens is 1. The smallest absolute Gasteiger partial charge is 0.356 e.